The van der Waals surface area contributed by atoms with Gasteiger partial charge in [0.1, 0.15) is 11.6 Å². The molecule has 20 aromatic rings. The summed E-state index contributed by atoms with van der Waals surface area (Å²) < 4.78 is 0. The number of para-hydroxylation sites is 5. The Bertz CT molecular complexity index is 7640. The normalized spacial score (nSPS) is 14.6. The van der Waals surface area contributed by atoms with Crippen molar-refractivity contribution in [3.8, 4) is 55.6 Å². The highest BCUT2D eigenvalue weighted by Crippen LogP contribution is 2.62. The minimum atomic E-state index is 0.925. The Kier molecular flexibility index (Phi) is 16.9. The van der Waals surface area contributed by atoms with Gasteiger partial charge in [0.2, 0.25) is 0 Å². The van der Waals surface area contributed by atoms with E-state index in [0.717, 1.165) is 108 Å². The second kappa shape index (κ2) is 30.3. The summed E-state index contributed by atoms with van der Waals surface area (Å²) in [6, 6.07) is 118. The fourth-order valence-corrected chi connectivity index (χ4v) is 27.0. The number of hydrogen-bond donors (Lipinski definition) is 0. The van der Waals surface area contributed by atoms with Crippen LogP contribution >= 0.6 is 0 Å². The van der Waals surface area contributed by atoms with Gasteiger partial charge in [0, 0.05) is 118 Å². The summed E-state index contributed by atoms with van der Waals surface area (Å²) in [6.07, 6.45) is 28.7. The van der Waals surface area contributed by atoms with E-state index < -0.39 is 0 Å². The molecule has 0 spiro atoms. The van der Waals surface area contributed by atoms with Crippen LogP contribution in [0.4, 0.5) is 85.6 Å². The van der Waals surface area contributed by atoms with E-state index in [-0.39, 0.29) is 0 Å². The number of anilines is 15. The van der Waals surface area contributed by atoms with E-state index in [9.17, 15) is 0 Å². The van der Waals surface area contributed by atoms with Crippen LogP contribution in [0.3, 0.4) is 0 Å². The minimum Gasteiger partial charge on any atom is -0.309 e. The number of benzene rings is 15. The molecule has 10 heteroatoms. The molecule has 140 heavy (non-hydrogen) atoms. The van der Waals surface area contributed by atoms with Crippen LogP contribution in [-0.4, -0.2) is 24.9 Å². The molecule has 0 saturated carbocycles. The summed E-state index contributed by atoms with van der Waals surface area (Å²) >= 11 is 0. The average Bonchev–Trinajstić information content (AvgIpc) is 1.41. The van der Waals surface area contributed by atoms with Crippen LogP contribution in [0.25, 0.3) is 55.6 Å². The van der Waals surface area contributed by atoms with Gasteiger partial charge in [0.25, 0.3) is 0 Å². The third-order valence-corrected chi connectivity index (χ3v) is 32.9. The van der Waals surface area contributed by atoms with Gasteiger partial charge in [-0.05, 0) is 346 Å². The molecule has 0 N–H and O–H groups in total. The van der Waals surface area contributed by atoms with Gasteiger partial charge in [-0.15, -0.1) is 0 Å². The zero-order chi connectivity index (χ0) is 91.2. The highest BCUT2D eigenvalue weighted by atomic mass is 15.2. The summed E-state index contributed by atoms with van der Waals surface area (Å²) in [7, 11) is 0. The maximum Gasteiger partial charge on any atom is 0.141 e. The van der Waals surface area contributed by atoms with Gasteiger partial charge < -0.3 is 14.7 Å². The molecule has 35 rings (SSSR count). The maximum atomic E-state index is 4.80. The molecule has 5 aromatic heterocycles. The van der Waals surface area contributed by atoms with E-state index in [1.54, 1.807) is 0 Å². The van der Waals surface area contributed by atoms with Crippen LogP contribution in [-0.2, 0) is 96.3 Å². The van der Waals surface area contributed by atoms with Crippen LogP contribution in [0.2, 0.25) is 0 Å². The van der Waals surface area contributed by atoms with E-state index in [0.29, 0.717) is 0 Å². The first-order valence-corrected chi connectivity index (χ1v) is 49.8. The lowest BCUT2D eigenvalue weighted by Gasteiger charge is -2.40. The van der Waals surface area contributed by atoms with Crippen LogP contribution in [0.15, 0.2) is 365 Å². The number of hydrogen-bond acceptors (Lipinski definition) is 10. The Morgan fingerprint density at radius 2 is 0.400 bits per heavy atom. The molecular weight excluding hydrogens is 1700 g/mol. The van der Waals surface area contributed by atoms with Crippen LogP contribution in [0.5, 0.6) is 0 Å². The van der Waals surface area contributed by atoms with Crippen molar-refractivity contribution in [2.24, 2.45) is 0 Å². The molecule has 0 atom stereocenters. The van der Waals surface area contributed by atoms with E-state index in [4.69, 9.17) is 15.0 Å². The van der Waals surface area contributed by atoms with E-state index in [1.807, 2.05) is 37.2 Å². The van der Waals surface area contributed by atoms with Gasteiger partial charge in [-0.1, -0.05) is 224 Å². The minimum absolute atomic E-state index is 0.925. The summed E-state index contributed by atoms with van der Waals surface area (Å²) in [5, 5.41) is 0. The smallest absolute Gasteiger partial charge is 0.141 e. The number of pyridine rings is 5. The number of rotatable bonds is 0. The standard InChI is InChI=1S/5C26H18N2/c1-3-9-20-16(6-1)13-22-21(20)15-19-12-18-8-5-11-27-26(18)28-24-10-4-2-7-17(24)14-23(22)25(19)28;1-3-9-20-16(6-1)13-22-21(20)15-19-12-17-7-2-4-10-24(17)28-25(19)23(22)14-18-8-5-11-27-26(18)28;1-3-8-19-16(6-1)13-21-20(19)14-18-12-17-7-2-4-9-24(17)28-25-10-5-11-27-23(25)15-22(21)26(18)28;1-3-7-20-16(5-1)12-22-21(20)13-18-11-17-6-2-4-8-24(17)28-25-9-10-27-15-19(25)14-23(22)26(18)28;1-3-7-20-16(5-1)12-22-21(20)14-19-11-17-6-2-4-8-24(17)28-25-15-27-10-9-18(25)13-23(22)26(19)28/h2*1-11,15H,12-14H2;1-11,14H,12-13,15H2;1-10,13,15H,11-12,14H2;1-10,14-15H,11-13H2. The summed E-state index contributed by atoms with van der Waals surface area (Å²) in [4.78, 5) is 35.6. The second-order valence-electron chi connectivity index (χ2n) is 40.2. The van der Waals surface area contributed by atoms with Gasteiger partial charge in [0.15, 0.2) is 0 Å². The number of fused-ring (bicyclic) bond motifs is 40. The Morgan fingerprint density at radius 3 is 0.807 bits per heavy atom. The lowest BCUT2D eigenvalue weighted by atomic mass is 9.83. The third kappa shape index (κ3) is 11.6. The predicted molar refractivity (Wildman–Crippen MR) is 564 cm³/mol. The summed E-state index contributed by atoms with van der Waals surface area (Å²) in [6.45, 7) is 0. The molecule has 15 aliphatic rings. The highest BCUT2D eigenvalue weighted by Gasteiger charge is 2.44. The zero-order valence-electron chi connectivity index (χ0n) is 77.2. The first-order valence-electron chi connectivity index (χ1n) is 49.8. The molecule has 0 bridgehead atoms. The Morgan fingerprint density at radius 1 is 0.150 bits per heavy atom. The summed E-state index contributed by atoms with van der Waals surface area (Å²) in [5.74, 6) is 2.19. The second-order valence-corrected chi connectivity index (χ2v) is 40.2. The maximum absolute atomic E-state index is 4.80. The molecular formula is C130H90N10. The Labute approximate surface area is 813 Å². The lowest BCUT2D eigenvalue weighted by molar-refractivity contribution is 0.956. The van der Waals surface area contributed by atoms with Crippen molar-refractivity contribution >= 4 is 85.6 Å². The van der Waals surface area contributed by atoms with Crippen LogP contribution in [0.1, 0.15) is 167 Å². The average molecular weight is 1790 g/mol. The molecule has 0 amide bonds. The van der Waals surface area contributed by atoms with Gasteiger partial charge >= 0.3 is 0 Å². The van der Waals surface area contributed by atoms with E-state index in [2.05, 4.69) is 362 Å². The van der Waals surface area contributed by atoms with Gasteiger partial charge in [0.05, 0.1) is 68.8 Å². The van der Waals surface area contributed by atoms with Crippen molar-refractivity contribution in [3.63, 3.8) is 0 Å². The van der Waals surface area contributed by atoms with Crippen molar-refractivity contribution in [2.45, 2.75) is 96.3 Å². The third-order valence-electron chi connectivity index (χ3n) is 32.9. The fourth-order valence-electron chi connectivity index (χ4n) is 27.0. The molecule has 15 aromatic carbocycles. The van der Waals surface area contributed by atoms with Crippen molar-refractivity contribution in [1.29, 1.82) is 0 Å². The van der Waals surface area contributed by atoms with E-state index >= 15 is 0 Å². The zero-order valence-corrected chi connectivity index (χ0v) is 77.2. The van der Waals surface area contributed by atoms with Crippen molar-refractivity contribution in [3.05, 3.63) is 532 Å². The largest absolute Gasteiger partial charge is 0.309 e. The van der Waals surface area contributed by atoms with Gasteiger partial charge in [-0.3, -0.25) is 24.8 Å². The molecule has 660 valence electrons. The Balaban J connectivity index is 0.0000000806. The number of aromatic nitrogens is 5. The van der Waals surface area contributed by atoms with Crippen molar-refractivity contribution in [2.75, 3.05) is 24.5 Å². The molecule has 0 saturated heterocycles. The SMILES string of the molecule is c1ccc2c(c1)Cc1c-2cc2c3c1Cc1ccccc1N3c1ncccc1C2.c1ccc2c(c1)Cc1c-2cc2c3c1Cc1cccnc1N3c1ccccc1C2.c1ccc2c(c1)Cc1c-2cc2c3c1Cc1ccncc1N3c1ccccc1C2.c1ccc2c(c1)Cc1c-2cc2c3c1Cc1cnccc1N3c1ccccc1C2.c1ccc2c(c1)Cc1c-2cc2c3c1Cc1ncccc1N3c1ccccc1C2. The molecule has 0 unspecified atom stereocenters. The van der Waals surface area contributed by atoms with E-state index in [1.165, 1.54) is 297 Å². The van der Waals surface area contributed by atoms with Gasteiger partial charge in [-0.25, -0.2) is 9.97 Å². The monoisotopic (exact) mass is 1790 g/mol. The Hall–Kier alpha value is -17.0. The van der Waals surface area contributed by atoms with Crippen molar-refractivity contribution in [1.82, 2.24) is 24.9 Å². The molecule has 0 radical (unpaired) electrons. The van der Waals surface area contributed by atoms with Gasteiger partial charge in [-0.2, -0.15) is 0 Å². The topological polar surface area (TPSA) is 80.7 Å². The fraction of sp³-hybridized carbons (Fsp3) is 0.115. The summed E-state index contributed by atoms with van der Waals surface area (Å²) in [5.41, 5.74) is 74.5. The molecule has 10 aliphatic heterocycles. The molecule has 10 nitrogen and oxygen atoms in total. The van der Waals surface area contributed by atoms with Crippen molar-refractivity contribution < 1.29 is 0 Å². The molecule has 5 aliphatic carbocycles. The molecule has 15 heterocycles. The van der Waals surface area contributed by atoms with Crippen LogP contribution < -0.4 is 24.5 Å². The van der Waals surface area contributed by atoms with Crippen LogP contribution in [0, 0.1) is 0 Å². The first-order chi connectivity index (χ1) is 69.4. The first kappa shape index (κ1) is 78.3. The number of nitrogens with zero attached hydrogens (tertiary/aromatic N) is 10. The lowest BCUT2D eigenvalue weighted by Crippen LogP contribution is -2.26. The predicted octanol–water partition coefficient (Wildman–Crippen LogP) is 29.7. The highest BCUT2D eigenvalue weighted by molar-refractivity contribution is 6.01. The molecule has 0 fully saturated rings. The quantitative estimate of drug-likeness (QED) is 0.146.